The third kappa shape index (κ3) is 1.93. The van der Waals surface area contributed by atoms with Gasteiger partial charge in [0.25, 0.3) is 0 Å². The van der Waals surface area contributed by atoms with E-state index in [1.807, 2.05) is 20.8 Å². The van der Waals surface area contributed by atoms with Crippen LogP contribution >= 0.6 is 38.8 Å². The molecular weight excluding hydrogens is 365 g/mol. The molecule has 0 radical (unpaired) electrons. The molecular formula is C10H15Cl4Rh-2. The van der Waals surface area contributed by atoms with Gasteiger partial charge >= 0.3 is 109 Å². The van der Waals surface area contributed by atoms with Crippen LogP contribution in [0.5, 0.6) is 0 Å². The summed E-state index contributed by atoms with van der Waals surface area (Å²) in [5, 5.41) is 0. The molecule has 0 heterocycles. The number of allylic oxidation sites excluding steroid dienone is 4. The maximum atomic E-state index is 6.25. The van der Waals surface area contributed by atoms with Gasteiger partial charge in [-0.3, -0.25) is 0 Å². The summed E-state index contributed by atoms with van der Waals surface area (Å²) in [4.78, 5) is 0. The normalized spacial score (nSPS) is 24.5. The molecule has 0 N–H and O–H groups in total. The zero-order chi connectivity index (χ0) is 12.3. The maximum absolute atomic E-state index is 6.25. The van der Waals surface area contributed by atoms with Gasteiger partial charge in [-0.05, 0) is 0 Å². The Balaban J connectivity index is 3.56. The van der Waals surface area contributed by atoms with Crippen molar-refractivity contribution in [2.45, 2.75) is 38.6 Å². The summed E-state index contributed by atoms with van der Waals surface area (Å²) >= 11 is 0. The van der Waals surface area contributed by atoms with Crippen molar-refractivity contribution in [2.75, 3.05) is 0 Å². The second kappa shape index (κ2) is 3.63. The molecule has 0 amide bonds. The molecule has 0 aromatic heterocycles. The Morgan fingerprint density at radius 3 is 1.20 bits per heavy atom. The van der Waals surface area contributed by atoms with Gasteiger partial charge in [0.2, 0.25) is 0 Å². The van der Waals surface area contributed by atoms with Crippen LogP contribution in [0.15, 0.2) is 22.3 Å². The van der Waals surface area contributed by atoms with Crippen molar-refractivity contribution in [2.24, 2.45) is 0 Å². The van der Waals surface area contributed by atoms with E-state index in [-0.39, 0.29) is 0 Å². The molecule has 15 heavy (non-hydrogen) atoms. The van der Waals surface area contributed by atoms with Gasteiger partial charge in [0, 0.05) is 0 Å². The molecule has 0 atom stereocenters. The van der Waals surface area contributed by atoms with Gasteiger partial charge in [-0.25, -0.2) is 0 Å². The first kappa shape index (κ1) is 14.3. The van der Waals surface area contributed by atoms with E-state index in [4.69, 9.17) is 38.8 Å². The first-order valence-electron chi connectivity index (χ1n) is 4.42. The van der Waals surface area contributed by atoms with E-state index in [0.717, 1.165) is 11.1 Å². The van der Waals surface area contributed by atoms with Crippen LogP contribution in [-0.2, 0) is 9.64 Å². The Morgan fingerprint density at radius 2 is 1.07 bits per heavy atom. The monoisotopic (exact) mass is 378 g/mol. The summed E-state index contributed by atoms with van der Waals surface area (Å²) in [5.41, 5.74) is 4.58. The molecule has 0 unspecified atom stereocenters. The summed E-state index contributed by atoms with van der Waals surface area (Å²) in [7, 11) is 20.8. The number of rotatable bonds is 1. The van der Waals surface area contributed by atoms with Crippen molar-refractivity contribution in [3.63, 3.8) is 0 Å². The van der Waals surface area contributed by atoms with E-state index in [9.17, 15) is 0 Å². The van der Waals surface area contributed by atoms with Crippen molar-refractivity contribution in [3.8, 4) is 0 Å². The Hall–Kier alpha value is 1.26. The van der Waals surface area contributed by atoms with E-state index in [1.54, 1.807) is 0 Å². The van der Waals surface area contributed by atoms with Crippen LogP contribution in [0, 0.1) is 0 Å². The molecule has 0 saturated heterocycles. The molecule has 0 aliphatic heterocycles. The first-order valence-corrected chi connectivity index (χ1v) is 13.7. The fraction of sp³-hybridized carbons (Fsp3) is 0.600. The van der Waals surface area contributed by atoms with Crippen molar-refractivity contribution < 1.29 is 9.64 Å². The van der Waals surface area contributed by atoms with Crippen molar-refractivity contribution >= 4 is 38.8 Å². The van der Waals surface area contributed by atoms with Crippen LogP contribution < -0.4 is 0 Å². The van der Waals surface area contributed by atoms with Gasteiger partial charge in [-0.1, -0.05) is 0 Å². The van der Waals surface area contributed by atoms with E-state index < -0.39 is 13.6 Å². The van der Waals surface area contributed by atoms with Crippen LogP contribution in [0.25, 0.3) is 0 Å². The van der Waals surface area contributed by atoms with Gasteiger partial charge in [-0.2, -0.15) is 0 Å². The quantitative estimate of drug-likeness (QED) is 0.479. The molecule has 0 aromatic rings. The predicted octanol–water partition coefficient (Wildman–Crippen LogP) is 6.16. The van der Waals surface area contributed by atoms with Crippen molar-refractivity contribution in [1.82, 2.24) is 0 Å². The summed E-state index contributed by atoms with van der Waals surface area (Å²) in [6.07, 6.45) is 0. The van der Waals surface area contributed by atoms with Gasteiger partial charge in [-0.15, -0.1) is 0 Å². The van der Waals surface area contributed by atoms with E-state index >= 15 is 0 Å². The van der Waals surface area contributed by atoms with E-state index in [1.165, 1.54) is 11.1 Å². The molecule has 0 saturated carbocycles. The molecule has 1 rings (SSSR count). The Bertz CT molecular complexity index is 351. The standard InChI is InChI=1S/C10H15.4ClH.Rh/c1-6-7(2)9(4)10(5)8(6)3;;;;;/h1-5H3;4*1H;/q;;;;;+2/p-4. The third-order valence-corrected chi connectivity index (χ3v) is 13.2. The van der Waals surface area contributed by atoms with Crippen LogP contribution in [0.1, 0.15) is 34.6 Å². The van der Waals surface area contributed by atoms with Gasteiger partial charge < -0.3 is 0 Å². The SMILES string of the molecule is CC1=C(C)[C](C)([Rh-2]([Cl])([Cl])([Cl])[Cl])C(C)=C1C. The Morgan fingerprint density at radius 1 is 0.800 bits per heavy atom. The molecule has 0 bridgehead atoms. The third-order valence-electron chi connectivity index (χ3n) is 3.57. The van der Waals surface area contributed by atoms with Gasteiger partial charge in [0.1, 0.15) is 0 Å². The van der Waals surface area contributed by atoms with Crippen LogP contribution in [0.3, 0.4) is 0 Å². The molecule has 0 aromatic carbocycles. The zero-order valence-electron chi connectivity index (χ0n) is 9.35. The summed E-state index contributed by atoms with van der Waals surface area (Å²) in [6.45, 7) is 10.0. The Labute approximate surface area is 109 Å². The summed E-state index contributed by atoms with van der Waals surface area (Å²) in [5.74, 6) is 0. The first-order chi connectivity index (χ1) is 6.40. The van der Waals surface area contributed by atoms with Crippen LogP contribution in [0.4, 0.5) is 0 Å². The second-order valence-corrected chi connectivity index (χ2v) is 24.8. The van der Waals surface area contributed by atoms with Crippen molar-refractivity contribution in [3.05, 3.63) is 22.3 Å². The van der Waals surface area contributed by atoms with E-state index in [0.29, 0.717) is 0 Å². The van der Waals surface area contributed by atoms with Crippen molar-refractivity contribution in [1.29, 1.82) is 0 Å². The van der Waals surface area contributed by atoms with Gasteiger partial charge in [0.15, 0.2) is 0 Å². The number of hydrogen-bond acceptors (Lipinski definition) is 0. The second-order valence-electron chi connectivity index (χ2n) is 4.00. The van der Waals surface area contributed by atoms with Gasteiger partial charge in [0.05, 0.1) is 0 Å². The molecule has 0 fully saturated rings. The molecule has 1 aliphatic rings. The molecule has 94 valence electrons. The predicted molar refractivity (Wildman–Crippen MR) is 68.5 cm³/mol. The topological polar surface area (TPSA) is 0 Å². The molecule has 0 spiro atoms. The van der Waals surface area contributed by atoms with E-state index in [2.05, 4.69) is 13.8 Å². The molecule has 1 aliphatic carbocycles. The zero-order valence-corrected chi connectivity index (χ0v) is 14.0. The summed E-state index contributed by atoms with van der Waals surface area (Å²) in [6, 6.07) is 0. The number of halogens is 4. The Kier molecular flexibility index (Phi) is 3.46. The van der Waals surface area contributed by atoms with Crippen LogP contribution in [-0.4, -0.2) is 0 Å². The fourth-order valence-electron chi connectivity index (χ4n) is 1.91. The minimum atomic E-state index is -4.21. The van der Waals surface area contributed by atoms with Crippen LogP contribution in [0.2, 0.25) is 4.01 Å². The molecule has 0 nitrogen and oxygen atoms in total. The summed E-state index contributed by atoms with van der Waals surface area (Å²) < 4.78 is -0.580. The minimum absolute atomic E-state index is 0.580. The fourth-order valence-corrected chi connectivity index (χ4v) is 8.85. The molecule has 5 heteroatoms. The average Bonchev–Trinajstić information content (AvgIpc) is 2.19. The number of hydrogen-bond donors (Lipinski definition) is 0. The average molecular weight is 380 g/mol.